The van der Waals surface area contributed by atoms with Crippen molar-refractivity contribution in [2.75, 3.05) is 5.75 Å². The number of hydrogen-bond acceptors (Lipinski definition) is 4. The molecular formula is C6H9N3OS. The number of thioether (sulfide) groups is 1. The Hall–Kier alpha value is -0.970. The number of rotatable bonds is 4. The van der Waals surface area contributed by atoms with Crippen LogP contribution in [0.25, 0.3) is 0 Å². The number of aromatic nitrogens is 1. The normalized spacial score (nSPS) is 9.82. The number of oxazole rings is 1. The molecule has 0 unspecified atom stereocenters. The average molecular weight is 171 g/mol. The van der Waals surface area contributed by atoms with Gasteiger partial charge in [-0.15, -0.1) is 0 Å². The van der Waals surface area contributed by atoms with E-state index in [1.54, 1.807) is 6.20 Å². The van der Waals surface area contributed by atoms with Crippen LogP contribution in [-0.2, 0) is 0 Å². The van der Waals surface area contributed by atoms with Crippen molar-refractivity contribution in [3.8, 4) is 0 Å². The Kier molecular flexibility index (Phi) is 2.97. The van der Waals surface area contributed by atoms with Gasteiger partial charge in [0, 0.05) is 12.2 Å². The predicted molar refractivity (Wildman–Crippen MR) is 43.8 cm³/mol. The third kappa shape index (κ3) is 3.08. The van der Waals surface area contributed by atoms with Gasteiger partial charge in [0.25, 0.3) is 5.22 Å². The van der Waals surface area contributed by atoms with Gasteiger partial charge in [-0.1, -0.05) is 11.8 Å². The first-order chi connectivity index (χ1) is 5.29. The molecule has 1 heterocycles. The largest absolute Gasteiger partial charge is 0.440 e. The molecule has 0 spiro atoms. The highest BCUT2D eigenvalue weighted by atomic mass is 32.2. The number of nitrogens with one attached hydrogen (secondary N) is 1. The van der Waals surface area contributed by atoms with Gasteiger partial charge in [-0.2, -0.15) is 0 Å². The zero-order valence-corrected chi connectivity index (χ0v) is 6.73. The first kappa shape index (κ1) is 8.13. The molecule has 0 atom stereocenters. The molecule has 4 nitrogen and oxygen atoms in total. The minimum Gasteiger partial charge on any atom is -0.440 e. The summed E-state index contributed by atoms with van der Waals surface area (Å²) in [5, 5.41) is 7.57. The summed E-state index contributed by atoms with van der Waals surface area (Å²) < 4.78 is 4.96. The molecule has 0 aliphatic heterocycles. The Morgan fingerprint density at radius 2 is 2.64 bits per heavy atom. The molecule has 0 amide bonds. The molecule has 60 valence electrons. The molecule has 0 radical (unpaired) electrons. The maximum atomic E-state index is 6.94. The van der Waals surface area contributed by atoms with Crippen molar-refractivity contribution >= 4 is 17.6 Å². The van der Waals surface area contributed by atoms with Crippen LogP contribution in [0.1, 0.15) is 6.42 Å². The van der Waals surface area contributed by atoms with E-state index >= 15 is 0 Å². The van der Waals surface area contributed by atoms with Crippen LogP contribution in [0, 0.1) is 5.41 Å². The summed E-state index contributed by atoms with van der Waals surface area (Å²) in [4.78, 5) is 3.90. The van der Waals surface area contributed by atoms with Crippen molar-refractivity contribution in [2.24, 2.45) is 5.73 Å². The average Bonchev–Trinajstić information content (AvgIpc) is 2.39. The topological polar surface area (TPSA) is 75.9 Å². The molecule has 1 rings (SSSR count). The molecule has 0 fully saturated rings. The minimum atomic E-state index is 0.198. The lowest BCUT2D eigenvalue weighted by Crippen LogP contribution is -2.09. The number of hydrogen-bond donors (Lipinski definition) is 2. The van der Waals surface area contributed by atoms with E-state index < -0.39 is 0 Å². The molecule has 0 saturated carbocycles. The SMILES string of the molecule is N=C(N)CCSc1ncco1. The van der Waals surface area contributed by atoms with Gasteiger partial charge >= 0.3 is 0 Å². The van der Waals surface area contributed by atoms with Gasteiger partial charge in [0.1, 0.15) is 6.26 Å². The lowest BCUT2D eigenvalue weighted by molar-refractivity contribution is 0.454. The lowest BCUT2D eigenvalue weighted by atomic mass is 10.5. The van der Waals surface area contributed by atoms with E-state index in [1.165, 1.54) is 18.0 Å². The molecular weight excluding hydrogens is 162 g/mol. The Balaban J connectivity index is 2.19. The molecule has 1 aromatic heterocycles. The van der Waals surface area contributed by atoms with Crippen molar-refractivity contribution in [3.05, 3.63) is 12.5 Å². The summed E-state index contributed by atoms with van der Waals surface area (Å²) >= 11 is 1.46. The molecule has 0 aliphatic rings. The van der Waals surface area contributed by atoms with E-state index in [4.69, 9.17) is 15.6 Å². The van der Waals surface area contributed by atoms with Crippen LogP contribution < -0.4 is 5.73 Å². The molecule has 0 saturated heterocycles. The Bertz CT molecular complexity index is 222. The first-order valence-electron chi connectivity index (χ1n) is 3.14. The maximum Gasteiger partial charge on any atom is 0.255 e. The van der Waals surface area contributed by atoms with Gasteiger partial charge in [0.2, 0.25) is 0 Å². The van der Waals surface area contributed by atoms with Gasteiger partial charge in [0.15, 0.2) is 0 Å². The summed E-state index contributed by atoms with van der Waals surface area (Å²) in [6, 6.07) is 0. The van der Waals surface area contributed by atoms with Crippen molar-refractivity contribution in [3.63, 3.8) is 0 Å². The molecule has 3 N–H and O–H groups in total. The zero-order chi connectivity index (χ0) is 8.10. The molecule has 1 aromatic rings. The van der Waals surface area contributed by atoms with E-state index in [0.717, 1.165) is 5.75 Å². The van der Waals surface area contributed by atoms with Crippen LogP contribution in [0.2, 0.25) is 0 Å². The number of nitrogens with two attached hydrogens (primary N) is 1. The summed E-state index contributed by atoms with van der Waals surface area (Å²) in [7, 11) is 0. The van der Waals surface area contributed by atoms with Gasteiger partial charge < -0.3 is 10.2 Å². The molecule has 5 heteroatoms. The Morgan fingerprint density at radius 1 is 1.82 bits per heavy atom. The number of nitrogens with zero attached hydrogens (tertiary/aromatic N) is 1. The smallest absolute Gasteiger partial charge is 0.255 e. The summed E-state index contributed by atoms with van der Waals surface area (Å²) in [6.45, 7) is 0. The van der Waals surface area contributed by atoms with Crippen LogP contribution in [0.15, 0.2) is 22.1 Å². The highest BCUT2D eigenvalue weighted by molar-refractivity contribution is 7.99. The summed E-state index contributed by atoms with van der Waals surface area (Å²) in [5.74, 6) is 0.944. The van der Waals surface area contributed by atoms with Crippen molar-refractivity contribution in [2.45, 2.75) is 11.6 Å². The van der Waals surface area contributed by atoms with Gasteiger partial charge in [-0.3, -0.25) is 5.41 Å². The molecule has 0 aliphatic carbocycles. The van der Waals surface area contributed by atoms with Crippen LogP contribution >= 0.6 is 11.8 Å². The van der Waals surface area contributed by atoms with E-state index in [1.807, 2.05) is 0 Å². The Morgan fingerprint density at radius 3 is 3.18 bits per heavy atom. The van der Waals surface area contributed by atoms with Crippen LogP contribution in [0.5, 0.6) is 0 Å². The lowest BCUT2D eigenvalue weighted by Gasteiger charge is -1.93. The van der Waals surface area contributed by atoms with Gasteiger partial charge in [-0.05, 0) is 0 Å². The molecule has 0 bridgehead atoms. The second-order valence-corrected chi connectivity index (χ2v) is 2.97. The summed E-state index contributed by atoms with van der Waals surface area (Å²) in [6.07, 6.45) is 3.69. The van der Waals surface area contributed by atoms with Gasteiger partial charge in [-0.25, -0.2) is 4.98 Å². The zero-order valence-electron chi connectivity index (χ0n) is 5.91. The third-order valence-electron chi connectivity index (χ3n) is 1.01. The monoisotopic (exact) mass is 171 g/mol. The van der Waals surface area contributed by atoms with E-state index in [-0.39, 0.29) is 5.84 Å². The fraction of sp³-hybridized carbons (Fsp3) is 0.333. The highest BCUT2D eigenvalue weighted by Gasteiger charge is 1.97. The first-order valence-corrected chi connectivity index (χ1v) is 4.13. The van der Waals surface area contributed by atoms with Crippen molar-refractivity contribution in [1.29, 1.82) is 5.41 Å². The van der Waals surface area contributed by atoms with Crippen LogP contribution in [-0.4, -0.2) is 16.6 Å². The molecule has 0 aromatic carbocycles. The van der Waals surface area contributed by atoms with Crippen molar-refractivity contribution < 1.29 is 4.42 Å². The molecule has 11 heavy (non-hydrogen) atoms. The predicted octanol–water partition coefficient (Wildman–Crippen LogP) is 1.09. The van der Waals surface area contributed by atoms with Gasteiger partial charge in [0.05, 0.1) is 12.0 Å². The Labute approximate surface area is 68.7 Å². The van der Waals surface area contributed by atoms with Crippen molar-refractivity contribution in [1.82, 2.24) is 4.98 Å². The van der Waals surface area contributed by atoms with E-state index in [2.05, 4.69) is 4.98 Å². The second kappa shape index (κ2) is 4.02. The van der Waals surface area contributed by atoms with E-state index in [9.17, 15) is 0 Å². The minimum absolute atomic E-state index is 0.198. The summed E-state index contributed by atoms with van der Waals surface area (Å²) in [5.41, 5.74) is 5.15. The highest BCUT2D eigenvalue weighted by Crippen LogP contribution is 2.14. The standard InChI is InChI=1S/C6H9N3OS/c7-5(8)1-4-11-6-9-2-3-10-6/h2-3H,1,4H2,(H3,7,8). The second-order valence-electron chi connectivity index (χ2n) is 1.92. The van der Waals surface area contributed by atoms with Crippen LogP contribution in [0.4, 0.5) is 0 Å². The fourth-order valence-electron chi connectivity index (χ4n) is 0.530. The third-order valence-corrected chi connectivity index (χ3v) is 1.86. The number of amidine groups is 1. The quantitative estimate of drug-likeness (QED) is 0.404. The fourth-order valence-corrected chi connectivity index (χ4v) is 1.29. The van der Waals surface area contributed by atoms with E-state index in [0.29, 0.717) is 11.6 Å². The maximum absolute atomic E-state index is 6.94. The van der Waals surface area contributed by atoms with Crippen LogP contribution in [0.3, 0.4) is 0 Å².